The highest BCUT2D eigenvalue weighted by molar-refractivity contribution is 6.28. The van der Waals surface area contributed by atoms with Crippen LogP contribution < -0.4 is 5.32 Å². The summed E-state index contributed by atoms with van der Waals surface area (Å²) in [6, 6.07) is 0. The Labute approximate surface area is 63.7 Å². The second-order valence-corrected chi connectivity index (χ2v) is 1.90. The maximum atomic E-state index is 5.45. The minimum Gasteiger partial charge on any atom is -0.354 e. The normalized spacial score (nSPS) is 9.40. The Balaban J connectivity index is 2.75. The summed E-state index contributed by atoms with van der Waals surface area (Å²) in [7, 11) is 0. The lowest BCUT2D eigenvalue weighted by atomic mass is 10.7. The number of nitrogens with zero attached hydrogens (tertiary/aromatic N) is 3. The van der Waals surface area contributed by atoms with Crippen LogP contribution in [0.15, 0.2) is 0 Å². The van der Waals surface area contributed by atoms with Gasteiger partial charge in [0, 0.05) is 6.54 Å². The first-order valence-corrected chi connectivity index (χ1v) is 3.22. The van der Waals surface area contributed by atoms with E-state index in [1.54, 1.807) is 0 Å². The van der Waals surface area contributed by atoms with E-state index >= 15 is 0 Å². The predicted octanol–water partition coefficient (Wildman–Crippen LogP) is 0.757. The Morgan fingerprint density at radius 1 is 1.60 bits per heavy atom. The van der Waals surface area contributed by atoms with Crippen molar-refractivity contribution in [1.82, 2.24) is 15.0 Å². The van der Waals surface area contributed by atoms with Gasteiger partial charge in [0.1, 0.15) is 0 Å². The lowest BCUT2D eigenvalue weighted by Crippen LogP contribution is -2.02. The molecule has 0 saturated carbocycles. The summed E-state index contributed by atoms with van der Waals surface area (Å²) in [5.74, 6) is 0.461. The van der Waals surface area contributed by atoms with Crippen LogP contribution in [0.3, 0.4) is 0 Å². The van der Waals surface area contributed by atoms with E-state index in [1.165, 1.54) is 0 Å². The van der Waals surface area contributed by atoms with Gasteiger partial charge < -0.3 is 5.32 Å². The van der Waals surface area contributed by atoms with E-state index in [0.29, 0.717) is 5.95 Å². The first kappa shape index (κ1) is 7.21. The molecule has 1 rings (SSSR count). The van der Waals surface area contributed by atoms with Gasteiger partial charge in [0.15, 0.2) is 0 Å². The first-order valence-electron chi connectivity index (χ1n) is 2.84. The Bertz CT molecular complexity index is 215. The van der Waals surface area contributed by atoms with Crippen molar-refractivity contribution in [3.05, 3.63) is 11.6 Å². The molecule has 5 heteroatoms. The zero-order chi connectivity index (χ0) is 7.40. The topological polar surface area (TPSA) is 50.7 Å². The molecule has 0 aliphatic carbocycles. The molecule has 53 valence electrons. The van der Waals surface area contributed by atoms with Crippen LogP contribution in [0.25, 0.3) is 0 Å². The predicted molar refractivity (Wildman–Crippen MR) is 37.8 cm³/mol. The van der Waals surface area contributed by atoms with E-state index in [-0.39, 0.29) is 5.28 Å². The zero-order valence-corrected chi connectivity index (χ0v) is 6.18. The molecule has 1 aromatic rings. The summed E-state index contributed by atoms with van der Waals surface area (Å²) in [6.45, 7) is 2.70. The van der Waals surface area contributed by atoms with E-state index in [2.05, 4.69) is 26.6 Å². The van der Waals surface area contributed by atoms with Gasteiger partial charge in [0.2, 0.25) is 17.6 Å². The van der Waals surface area contributed by atoms with Crippen LogP contribution in [0.2, 0.25) is 5.28 Å². The summed E-state index contributed by atoms with van der Waals surface area (Å²) in [5.41, 5.74) is 0. The SMILES string of the molecule is CCNc1n[c]nc(Cl)n1. The molecule has 0 fully saturated rings. The molecule has 0 aliphatic rings. The van der Waals surface area contributed by atoms with Crippen LogP contribution >= 0.6 is 11.6 Å². The third kappa shape index (κ3) is 1.80. The van der Waals surface area contributed by atoms with Crippen LogP contribution in [-0.2, 0) is 0 Å². The molecule has 0 unspecified atom stereocenters. The minimum absolute atomic E-state index is 0.158. The monoisotopic (exact) mass is 157 g/mol. The van der Waals surface area contributed by atoms with Crippen LogP contribution in [0.5, 0.6) is 0 Å². The van der Waals surface area contributed by atoms with Gasteiger partial charge in [-0.1, -0.05) is 0 Å². The van der Waals surface area contributed by atoms with Crippen molar-refractivity contribution in [1.29, 1.82) is 0 Å². The summed E-state index contributed by atoms with van der Waals surface area (Å²) < 4.78 is 0. The van der Waals surface area contributed by atoms with Crippen molar-refractivity contribution in [3.63, 3.8) is 0 Å². The van der Waals surface area contributed by atoms with Gasteiger partial charge in [-0.3, -0.25) is 0 Å². The molecule has 10 heavy (non-hydrogen) atoms. The van der Waals surface area contributed by atoms with E-state index in [9.17, 15) is 0 Å². The number of rotatable bonds is 2. The standard InChI is InChI=1S/C5H6ClN4/c1-2-7-5-9-3-8-4(6)10-5/h2H2,1H3,(H,7,8,9,10). The van der Waals surface area contributed by atoms with Crippen LogP contribution in [0.4, 0.5) is 5.95 Å². The fourth-order valence-electron chi connectivity index (χ4n) is 0.488. The van der Waals surface area contributed by atoms with Crippen molar-refractivity contribution < 1.29 is 0 Å². The number of halogens is 1. The molecule has 0 bridgehead atoms. The van der Waals surface area contributed by atoms with Crippen molar-refractivity contribution in [2.45, 2.75) is 6.92 Å². The number of aromatic nitrogens is 3. The van der Waals surface area contributed by atoms with E-state index in [0.717, 1.165) is 6.54 Å². The maximum Gasteiger partial charge on any atom is 0.227 e. The quantitative estimate of drug-likeness (QED) is 0.689. The lowest BCUT2D eigenvalue weighted by Gasteiger charge is -1.97. The number of anilines is 1. The van der Waals surface area contributed by atoms with Gasteiger partial charge in [-0.15, -0.1) is 0 Å². The molecular weight excluding hydrogens is 152 g/mol. The third-order valence-corrected chi connectivity index (χ3v) is 1.00. The second-order valence-electron chi connectivity index (χ2n) is 1.56. The molecule has 1 radical (unpaired) electrons. The molecular formula is C5H6ClN4. The fourth-order valence-corrected chi connectivity index (χ4v) is 0.606. The average molecular weight is 158 g/mol. The van der Waals surface area contributed by atoms with Gasteiger partial charge in [-0.05, 0) is 18.5 Å². The summed E-state index contributed by atoms with van der Waals surface area (Å²) >= 11 is 5.45. The Morgan fingerprint density at radius 2 is 2.40 bits per heavy atom. The second kappa shape index (κ2) is 3.31. The fraction of sp³-hybridized carbons (Fsp3) is 0.400. The Kier molecular flexibility index (Phi) is 2.39. The van der Waals surface area contributed by atoms with Crippen LogP contribution in [-0.4, -0.2) is 21.5 Å². The van der Waals surface area contributed by atoms with Crippen LogP contribution in [0, 0.1) is 6.33 Å². The smallest absolute Gasteiger partial charge is 0.227 e. The van der Waals surface area contributed by atoms with E-state index in [4.69, 9.17) is 11.6 Å². The number of hydrogen-bond donors (Lipinski definition) is 1. The highest BCUT2D eigenvalue weighted by Gasteiger charge is 1.94. The molecule has 1 N–H and O–H groups in total. The molecule has 0 aromatic carbocycles. The minimum atomic E-state index is 0.158. The molecule has 1 aromatic heterocycles. The highest BCUT2D eigenvalue weighted by Crippen LogP contribution is 2.00. The first-order chi connectivity index (χ1) is 4.83. The number of hydrogen-bond acceptors (Lipinski definition) is 4. The summed E-state index contributed by atoms with van der Waals surface area (Å²) in [6.07, 6.45) is 2.36. The zero-order valence-electron chi connectivity index (χ0n) is 5.43. The van der Waals surface area contributed by atoms with Crippen LogP contribution in [0.1, 0.15) is 6.92 Å². The van der Waals surface area contributed by atoms with Gasteiger partial charge in [-0.2, -0.15) is 15.0 Å². The van der Waals surface area contributed by atoms with Gasteiger partial charge in [-0.25, -0.2) is 0 Å². The van der Waals surface area contributed by atoms with Gasteiger partial charge in [0.25, 0.3) is 0 Å². The van der Waals surface area contributed by atoms with Crippen molar-refractivity contribution in [2.24, 2.45) is 0 Å². The van der Waals surface area contributed by atoms with E-state index in [1.807, 2.05) is 6.92 Å². The molecule has 0 atom stereocenters. The van der Waals surface area contributed by atoms with Gasteiger partial charge >= 0.3 is 0 Å². The third-order valence-electron chi connectivity index (χ3n) is 0.831. The maximum absolute atomic E-state index is 5.45. The van der Waals surface area contributed by atoms with Crippen molar-refractivity contribution in [3.8, 4) is 0 Å². The Hall–Kier alpha value is -0.900. The molecule has 0 amide bonds. The highest BCUT2D eigenvalue weighted by atomic mass is 35.5. The molecule has 1 heterocycles. The van der Waals surface area contributed by atoms with Crippen molar-refractivity contribution in [2.75, 3.05) is 11.9 Å². The molecule has 0 aliphatic heterocycles. The average Bonchev–Trinajstić information content (AvgIpc) is 1.88. The van der Waals surface area contributed by atoms with Crippen molar-refractivity contribution >= 4 is 17.5 Å². The molecule has 4 nitrogen and oxygen atoms in total. The summed E-state index contributed by atoms with van der Waals surface area (Å²) in [4.78, 5) is 11.0. The largest absolute Gasteiger partial charge is 0.354 e. The Morgan fingerprint density at radius 3 is 3.00 bits per heavy atom. The van der Waals surface area contributed by atoms with Gasteiger partial charge in [0.05, 0.1) is 0 Å². The summed E-state index contributed by atoms with van der Waals surface area (Å²) in [5, 5.41) is 3.03. The number of nitrogens with one attached hydrogen (secondary N) is 1. The van der Waals surface area contributed by atoms with E-state index < -0.39 is 0 Å². The molecule has 0 spiro atoms. The lowest BCUT2D eigenvalue weighted by molar-refractivity contribution is 1.01. The molecule has 0 saturated heterocycles.